The molecular weight excluding hydrogens is 340 g/mol. The highest BCUT2D eigenvalue weighted by atomic mass is 35.5. The first-order valence-corrected chi connectivity index (χ1v) is 8.61. The van der Waals surface area contributed by atoms with E-state index in [1.165, 1.54) is 0 Å². The second kappa shape index (κ2) is 7.57. The molecule has 1 fully saturated rings. The number of hydrogen-bond donors (Lipinski definition) is 1. The Morgan fingerprint density at radius 3 is 2.80 bits per heavy atom. The fraction of sp³-hybridized carbons (Fsp3) is 0.263. The Hall–Kier alpha value is -2.53. The molecule has 25 heavy (non-hydrogen) atoms. The number of nitrogens with one attached hydrogen (secondary N) is 1. The summed E-state index contributed by atoms with van der Waals surface area (Å²) in [4.78, 5) is 26.2. The average molecular weight is 359 g/mol. The van der Waals surface area contributed by atoms with Crippen molar-refractivity contribution in [2.45, 2.75) is 19.8 Å². The van der Waals surface area contributed by atoms with Gasteiger partial charge in [0, 0.05) is 18.5 Å². The first kappa shape index (κ1) is 17.3. The zero-order valence-electron chi connectivity index (χ0n) is 13.9. The van der Waals surface area contributed by atoms with Crippen molar-refractivity contribution >= 4 is 34.8 Å². The van der Waals surface area contributed by atoms with Crippen molar-refractivity contribution in [1.82, 2.24) is 0 Å². The fourth-order valence-corrected chi connectivity index (χ4v) is 3.03. The number of para-hydroxylation sites is 2. The number of hydrogen-bond acceptors (Lipinski definition) is 3. The van der Waals surface area contributed by atoms with E-state index >= 15 is 0 Å². The Balaban J connectivity index is 1.85. The van der Waals surface area contributed by atoms with E-state index < -0.39 is 0 Å². The van der Waals surface area contributed by atoms with Crippen LogP contribution in [0.1, 0.15) is 30.1 Å². The number of amides is 2. The van der Waals surface area contributed by atoms with Crippen molar-refractivity contribution in [3.8, 4) is 5.75 Å². The van der Waals surface area contributed by atoms with Gasteiger partial charge in [-0.15, -0.1) is 0 Å². The van der Waals surface area contributed by atoms with Crippen LogP contribution in [0.3, 0.4) is 0 Å². The zero-order chi connectivity index (χ0) is 17.8. The summed E-state index contributed by atoms with van der Waals surface area (Å²) in [5.74, 6) is 0.361. The predicted octanol–water partition coefficient (Wildman–Crippen LogP) is 4.12. The van der Waals surface area contributed by atoms with Gasteiger partial charge >= 0.3 is 0 Å². The monoisotopic (exact) mass is 358 g/mol. The van der Waals surface area contributed by atoms with Crippen LogP contribution in [-0.4, -0.2) is 25.0 Å². The third kappa shape index (κ3) is 3.77. The summed E-state index contributed by atoms with van der Waals surface area (Å²) in [5.41, 5.74) is 1.61. The second-order valence-electron chi connectivity index (χ2n) is 5.70. The Kier molecular flexibility index (Phi) is 5.24. The van der Waals surface area contributed by atoms with E-state index in [9.17, 15) is 9.59 Å². The maximum atomic E-state index is 12.6. The van der Waals surface area contributed by atoms with Crippen LogP contribution < -0.4 is 15.0 Å². The van der Waals surface area contributed by atoms with Crippen molar-refractivity contribution in [3.63, 3.8) is 0 Å². The highest BCUT2D eigenvalue weighted by Gasteiger charge is 2.24. The van der Waals surface area contributed by atoms with Gasteiger partial charge in [0.15, 0.2) is 0 Å². The molecule has 5 nitrogen and oxygen atoms in total. The van der Waals surface area contributed by atoms with E-state index in [-0.39, 0.29) is 11.8 Å². The summed E-state index contributed by atoms with van der Waals surface area (Å²) in [6, 6.07) is 12.2. The maximum Gasteiger partial charge on any atom is 0.255 e. The molecule has 0 aliphatic carbocycles. The zero-order valence-corrected chi connectivity index (χ0v) is 14.7. The van der Waals surface area contributed by atoms with Crippen LogP contribution in [0.4, 0.5) is 11.4 Å². The van der Waals surface area contributed by atoms with Crippen molar-refractivity contribution in [3.05, 3.63) is 53.1 Å². The van der Waals surface area contributed by atoms with Gasteiger partial charge in [-0.05, 0) is 43.7 Å². The molecule has 6 heteroatoms. The van der Waals surface area contributed by atoms with Gasteiger partial charge in [-0.25, -0.2) is 0 Å². The molecular formula is C19H19ClN2O3. The first-order chi connectivity index (χ1) is 12.1. The molecule has 2 aromatic carbocycles. The molecule has 0 aromatic heterocycles. The number of anilines is 2. The van der Waals surface area contributed by atoms with E-state index in [0.29, 0.717) is 47.3 Å². The molecule has 2 aromatic rings. The number of carbonyl (C=O) groups is 2. The molecule has 0 bridgehead atoms. The molecule has 0 saturated carbocycles. The van der Waals surface area contributed by atoms with Gasteiger partial charge in [0.25, 0.3) is 5.91 Å². The molecule has 3 rings (SSSR count). The lowest BCUT2D eigenvalue weighted by Crippen LogP contribution is -2.24. The minimum atomic E-state index is -0.281. The van der Waals surface area contributed by atoms with Crippen LogP contribution in [0.25, 0.3) is 0 Å². The Labute approximate surface area is 151 Å². The van der Waals surface area contributed by atoms with Gasteiger partial charge in [0.2, 0.25) is 5.91 Å². The van der Waals surface area contributed by atoms with Gasteiger partial charge in [0.1, 0.15) is 5.75 Å². The maximum absolute atomic E-state index is 12.6. The van der Waals surface area contributed by atoms with Crippen LogP contribution in [0, 0.1) is 0 Å². The number of benzene rings is 2. The summed E-state index contributed by atoms with van der Waals surface area (Å²) in [6.45, 7) is 3.02. The normalized spacial score (nSPS) is 13.8. The third-order valence-corrected chi connectivity index (χ3v) is 4.33. The number of rotatable bonds is 5. The van der Waals surface area contributed by atoms with E-state index in [4.69, 9.17) is 16.3 Å². The van der Waals surface area contributed by atoms with E-state index in [1.807, 2.05) is 19.1 Å². The van der Waals surface area contributed by atoms with Gasteiger partial charge < -0.3 is 15.0 Å². The van der Waals surface area contributed by atoms with Gasteiger partial charge in [0.05, 0.1) is 23.0 Å². The largest absolute Gasteiger partial charge is 0.492 e. The van der Waals surface area contributed by atoms with E-state index in [2.05, 4.69) is 5.32 Å². The molecule has 1 heterocycles. The highest BCUT2D eigenvalue weighted by Crippen LogP contribution is 2.31. The summed E-state index contributed by atoms with van der Waals surface area (Å²) < 4.78 is 5.52. The Bertz CT molecular complexity index is 807. The van der Waals surface area contributed by atoms with E-state index in [1.54, 1.807) is 35.2 Å². The number of ether oxygens (including phenoxy) is 1. The highest BCUT2D eigenvalue weighted by molar-refractivity contribution is 6.34. The predicted molar refractivity (Wildman–Crippen MR) is 98.6 cm³/mol. The lowest BCUT2D eigenvalue weighted by atomic mass is 10.1. The molecule has 130 valence electrons. The van der Waals surface area contributed by atoms with Gasteiger partial charge in [-0.1, -0.05) is 23.7 Å². The van der Waals surface area contributed by atoms with Crippen LogP contribution in [0.15, 0.2) is 42.5 Å². The molecule has 1 aliphatic rings. The molecule has 0 spiro atoms. The lowest BCUT2D eigenvalue weighted by molar-refractivity contribution is -0.117. The van der Waals surface area contributed by atoms with Gasteiger partial charge in [-0.3, -0.25) is 9.59 Å². The minimum absolute atomic E-state index is 0.0288. The standard InChI is InChI=1S/C19H19ClN2O3/c1-2-25-17-7-4-3-6-15(17)21-19(24)13-9-10-14(20)16(12-13)22-11-5-8-18(22)23/h3-4,6-7,9-10,12H,2,5,8,11H2,1H3,(H,21,24). The number of halogens is 1. The molecule has 1 N–H and O–H groups in total. The fourth-order valence-electron chi connectivity index (χ4n) is 2.81. The molecule has 0 unspecified atom stereocenters. The summed E-state index contributed by atoms with van der Waals surface area (Å²) >= 11 is 6.23. The van der Waals surface area contributed by atoms with Crippen LogP contribution in [0.5, 0.6) is 5.75 Å². The quantitative estimate of drug-likeness (QED) is 0.874. The topological polar surface area (TPSA) is 58.6 Å². The molecule has 1 aliphatic heterocycles. The molecule has 2 amide bonds. The van der Waals surface area contributed by atoms with Crippen LogP contribution >= 0.6 is 11.6 Å². The molecule has 0 atom stereocenters. The minimum Gasteiger partial charge on any atom is -0.492 e. The molecule has 1 saturated heterocycles. The van der Waals surface area contributed by atoms with Crippen LogP contribution in [-0.2, 0) is 4.79 Å². The van der Waals surface area contributed by atoms with Crippen molar-refractivity contribution < 1.29 is 14.3 Å². The summed E-state index contributed by atoms with van der Waals surface area (Å²) in [5, 5.41) is 3.31. The number of carbonyl (C=O) groups excluding carboxylic acids is 2. The Morgan fingerprint density at radius 2 is 2.08 bits per heavy atom. The van der Waals surface area contributed by atoms with Crippen molar-refractivity contribution in [1.29, 1.82) is 0 Å². The average Bonchev–Trinajstić information content (AvgIpc) is 3.03. The second-order valence-corrected chi connectivity index (χ2v) is 6.11. The first-order valence-electron chi connectivity index (χ1n) is 8.23. The summed E-state index contributed by atoms with van der Waals surface area (Å²) in [6.07, 6.45) is 1.31. The smallest absolute Gasteiger partial charge is 0.255 e. The SMILES string of the molecule is CCOc1ccccc1NC(=O)c1ccc(Cl)c(N2CCCC2=O)c1. The Morgan fingerprint density at radius 1 is 1.28 bits per heavy atom. The van der Waals surface area contributed by atoms with E-state index in [0.717, 1.165) is 6.42 Å². The van der Waals surface area contributed by atoms with Gasteiger partial charge in [-0.2, -0.15) is 0 Å². The number of nitrogens with zero attached hydrogens (tertiary/aromatic N) is 1. The molecule has 0 radical (unpaired) electrons. The van der Waals surface area contributed by atoms with Crippen LogP contribution in [0.2, 0.25) is 5.02 Å². The van der Waals surface area contributed by atoms with Crippen molar-refractivity contribution in [2.24, 2.45) is 0 Å². The lowest BCUT2D eigenvalue weighted by Gasteiger charge is -2.18. The third-order valence-electron chi connectivity index (χ3n) is 4.01. The van der Waals surface area contributed by atoms with Crippen molar-refractivity contribution in [2.75, 3.05) is 23.4 Å². The summed E-state index contributed by atoms with van der Waals surface area (Å²) in [7, 11) is 0.